The molecule has 0 bridgehead atoms. The highest BCUT2D eigenvalue weighted by molar-refractivity contribution is 7.09. The van der Waals surface area contributed by atoms with Crippen LogP contribution < -0.4 is 5.73 Å². The number of nitrogens with zero attached hydrogens (tertiary/aromatic N) is 3. The molecule has 1 unspecified atom stereocenters. The zero-order chi connectivity index (χ0) is 13.5. The number of hydrogen-bond acceptors (Lipinski definition) is 4. The molecule has 0 spiro atoms. The van der Waals surface area contributed by atoms with E-state index in [4.69, 9.17) is 5.73 Å². The van der Waals surface area contributed by atoms with Crippen LogP contribution in [0.1, 0.15) is 36.9 Å². The van der Waals surface area contributed by atoms with Crippen molar-refractivity contribution in [2.75, 3.05) is 0 Å². The highest BCUT2D eigenvalue weighted by atomic mass is 32.1. The maximum absolute atomic E-state index is 6.19. The first-order valence-electron chi connectivity index (χ1n) is 6.94. The molecule has 4 nitrogen and oxygen atoms in total. The zero-order valence-corrected chi connectivity index (χ0v) is 12.3. The summed E-state index contributed by atoms with van der Waals surface area (Å²) in [5.74, 6) is 1.02. The van der Waals surface area contributed by atoms with Crippen LogP contribution in [0.3, 0.4) is 0 Å². The molecule has 0 saturated carbocycles. The van der Waals surface area contributed by atoms with E-state index in [9.17, 15) is 0 Å². The normalized spacial score (nSPS) is 12.7. The van der Waals surface area contributed by atoms with E-state index in [0.717, 1.165) is 44.5 Å². The first kappa shape index (κ1) is 14.2. The van der Waals surface area contributed by atoms with Gasteiger partial charge < -0.3 is 5.73 Å². The van der Waals surface area contributed by atoms with Gasteiger partial charge in [-0.25, -0.2) is 4.98 Å². The van der Waals surface area contributed by atoms with Crippen LogP contribution in [0.4, 0.5) is 0 Å². The smallest absolute Gasteiger partial charge is 0.138 e. The van der Waals surface area contributed by atoms with Gasteiger partial charge in [0, 0.05) is 23.9 Å². The highest BCUT2D eigenvalue weighted by Gasteiger charge is 2.09. The zero-order valence-electron chi connectivity index (χ0n) is 11.5. The van der Waals surface area contributed by atoms with Crippen molar-refractivity contribution >= 4 is 11.3 Å². The average molecular weight is 278 g/mol. The molecule has 5 heteroatoms. The Kier molecular flexibility index (Phi) is 5.54. The van der Waals surface area contributed by atoms with E-state index in [0.29, 0.717) is 0 Å². The van der Waals surface area contributed by atoms with Crippen LogP contribution >= 0.6 is 11.3 Å². The third kappa shape index (κ3) is 4.44. The highest BCUT2D eigenvalue weighted by Crippen LogP contribution is 2.13. The fourth-order valence-electron chi connectivity index (χ4n) is 2.17. The Morgan fingerprint density at radius 3 is 3.11 bits per heavy atom. The van der Waals surface area contributed by atoms with E-state index in [1.807, 2.05) is 16.0 Å². The van der Waals surface area contributed by atoms with Crippen molar-refractivity contribution in [3.63, 3.8) is 0 Å². The van der Waals surface area contributed by atoms with Gasteiger partial charge in [0.2, 0.25) is 0 Å². The largest absolute Gasteiger partial charge is 0.327 e. The first-order valence-corrected chi connectivity index (χ1v) is 7.82. The minimum absolute atomic E-state index is 0.180. The lowest BCUT2D eigenvalue weighted by molar-refractivity contribution is 0.518. The van der Waals surface area contributed by atoms with Crippen LogP contribution in [0.5, 0.6) is 0 Å². The van der Waals surface area contributed by atoms with Gasteiger partial charge in [0.15, 0.2) is 0 Å². The molecule has 1 atom stereocenters. The van der Waals surface area contributed by atoms with E-state index in [1.165, 1.54) is 4.88 Å². The molecule has 104 valence electrons. The lowest BCUT2D eigenvalue weighted by Crippen LogP contribution is -2.25. The van der Waals surface area contributed by atoms with Crippen LogP contribution in [0.25, 0.3) is 0 Å². The van der Waals surface area contributed by atoms with Crippen molar-refractivity contribution in [2.45, 2.75) is 51.6 Å². The SMILES string of the molecule is CCCn1ncnc1CC(N)CCCc1cccs1. The molecule has 0 aromatic carbocycles. The molecule has 0 fully saturated rings. The van der Waals surface area contributed by atoms with Crippen molar-refractivity contribution in [3.05, 3.63) is 34.5 Å². The second-order valence-corrected chi connectivity index (χ2v) is 5.87. The minimum Gasteiger partial charge on any atom is -0.327 e. The van der Waals surface area contributed by atoms with Gasteiger partial charge in [-0.2, -0.15) is 5.10 Å². The van der Waals surface area contributed by atoms with Gasteiger partial charge in [0.05, 0.1) is 0 Å². The number of rotatable bonds is 8. The van der Waals surface area contributed by atoms with Gasteiger partial charge in [0.25, 0.3) is 0 Å². The molecule has 0 aliphatic rings. The summed E-state index contributed by atoms with van der Waals surface area (Å²) in [6.45, 7) is 3.07. The quantitative estimate of drug-likeness (QED) is 0.807. The molecule has 2 N–H and O–H groups in total. The summed E-state index contributed by atoms with van der Waals surface area (Å²) < 4.78 is 1.97. The molecule has 19 heavy (non-hydrogen) atoms. The Morgan fingerprint density at radius 1 is 1.47 bits per heavy atom. The second-order valence-electron chi connectivity index (χ2n) is 4.84. The maximum atomic E-state index is 6.19. The molecule has 0 amide bonds. The van der Waals surface area contributed by atoms with Gasteiger partial charge in [-0.1, -0.05) is 13.0 Å². The van der Waals surface area contributed by atoms with Crippen molar-refractivity contribution < 1.29 is 0 Å². The number of hydrogen-bond donors (Lipinski definition) is 1. The third-order valence-electron chi connectivity index (χ3n) is 3.15. The average Bonchev–Trinajstić information content (AvgIpc) is 3.02. The van der Waals surface area contributed by atoms with E-state index >= 15 is 0 Å². The fraction of sp³-hybridized carbons (Fsp3) is 0.571. The number of aromatic nitrogens is 3. The molecule has 2 aromatic rings. The molecule has 0 radical (unpaired) electrons. The van der Waals surface area contributed by atoms with E-state index in [1.54, 1.807) is 6.33 Å². The molecule has 2 aromatic heterocycles. The molecular weight excluding hydrogens is 256 g/mol. The number of thiophene rings is 1. The monoisotopic (exact) mass is 278 g/mol. The summed E-state index contributed by atoms with van der Waals surface area (Å²) in [7, 11) is 0. The van der Waals surface area contributed by atoms with Crippen molar-refractivity contribution in [3.8, 4) is 0 Å². The van der Waals surface area contributed by atoms with E-state index in [-0.39, 0.29) is 6.04 Å². The summed E-state index contributed by atoms with van der Waals surface area (Å²) in [6.07, 6.45) is 6.84. The number of aryl methyl sites for hydroxylation is 2. The predicted octanol–water partition coefficient (Wildman–Crippen LogP) is 2.64. The fourth-order valence-corrected chi connectivity index (χ4v) is 2.93. The van der Waals surface area contributed by atoms with Crippen LogP contribution in [0.2, 0.25) is 0 Å². The van der Waals surface area contributed by atoms with Gasteiger partial charge in [0.1, 0.15) is 12.2 Å². The molecule has 2 heterocycles. The first-order chi connectivity index (χ1) is 9.29. The van der Waals surface area contributed by atoms with Crippen LogP contribution in [-0.2, 0) is 19.4 Å². The Hall–Kier alpha value is -1.20. The Balaban J connectivity index is 1.74. The molecule has 2 rings (SSSR count). The second kappa shape index (κ2) is 7.40. The summed E-state index contributed by atoms with van der Waals surface area (Å²) in [5, 5.41) is 6.36. The van der Waals surface area contributed by atoms with E-state index in [2.05, 4.69) is 34.5 Å². The third-order valence-corrected chi connectivity index (χ3v) is 4.09. The summed E-state index contributed by atoms with van der Waals surface area (Å²) in [4.78, 5) is 5.75. The minimum atomic E-state index is 0.180. The maximum Gasteiger partial charge on any atom is 0.138 e. The van der Waals surface area contributed by atoms with Crippen molar-refractivity contribution in [1.29, 1.82) is 0 Å². The molecular formula is C14H22N4S. The summed E-state index contributed by atoms with van der Waals surface area (Å²) in [5.41, 5.74) is 6.19. The van der Waals surface area contributed by atoms with Crippen molar-refractivity contribution in [2.24, 2.45) is 5.73 Å². The van der Waals surface area contributed by atoms with Crippen LogP contribution in [0, 0.1) is 0 Å². The van der Waals surface area contributed by atoms with Crippen molar-refractivity contribution in [1.82, 2.24) is 14.8 Å². The van der Waals surface area contributed by atoms with Gasteiger partial charge in [-0.3, -0.25) is 4.68 Å². The topological polar surface area (TPSA) is 56.7 Å². The summed E-state index contributed by atoms with van der Waals surface area (Å²) >= 11 is 1.82. The lowest BCUT2D eigenvalue weighted by atomic mass is 10.1. The Morgan fingerprint density at radius 2 is 2.37 bits per heavy atom. The molecule has 0 saturated heterocycles. The predicted molar refractivity (Wildman–Crippen MR) is 79.2 cm³/mol. The van der Waals surface area contributed by atoms with Gasteiger partial charge >= 0.3 is 0 Å². The Bertz CT molecular complexity index is 464. The summed E-state index contributed by atoms with van der Waals surface area (Å²) in [6, 6.07) is 4.47. The van der Waals surface area contributed by atoms with Crippen LogP contribution in [-0.4, -0.2) is 20.8 Å². The van der Waals surface area contributed by atoms with E-state index < -0.39 is 0 Å². The molecule has 0 aliphatic heterocycles. The van der Waals surface area contributed by atoms with Crippen LogP contribution in [0.15, 0.2) is 23.8 Å². The molecule has 0 aliphatic carbocycles. The Labute approximate surface area is 118 Å². The lowest BCUT2D eigenvalue weighted by Gasteiger charge is -2.11. The number of nitrogens with two attached hydrogens (primary N) is 1. The standard InChI is InChI=1S/C14H22N4S/c1-2-8-18-14(16-11-17-18)10-12(15)5-3-6-13-7-4-9-19-13/h4,7,9,11-12H,2-3,5-6,8,10,15H2,1H3. The van der Waals surface area contributed by atoms with Gasteiger partial charge in [-0.05, 0) is 37.1 Å². The van der Waals surface area contributed by atoms with Gasteiger partial charge in [-0.15, -0.1) is 11.3 Å².